The SMILES string of the molecule is COC(=O)c1cccc2cc(Nc3ccc4c(c3)C(C)(C)CCC4(C)C)ccc12. The van der Waals surface area contributed by atoms with Gasteiger partial charge in [-0.05, 0) is 75.9 Å². The minimum absolute atomic E-state index is 0.182. The van der Waals surface area contributed by atoms with Gasteiger partial charge in [-0.2, -0.15) is 0 Å². The fourth-order valence-corrected chi connectivity index (χ4v) is 4.48. The highest BCUT2D eigenvalue weighted by molar-refractivity contribution is 6.05. The van der Waals surface area contributed by atoms with E-state index in [1.165, 1.54) is 31.1 Å². The van der Waals surface area contributed by atoms with Gasteiger partial charge in [-0.1, -0.05) is 52.0 Å². The largest absolute Gasteiger partial charge is 0.465 e. The zero-order chi connectivity index (χ0) is 20.8. The average Bonchev–Trinajstić information content (AvgIpc) is 2.70. The molecule has 0 bridgehead atoms. The number of fused-ring (bicyclic) bond motifs is 2. The Morgan fingerprint density at radius 1 is 0.862 bits per heavy atom. The molecule has 3 nitrogen and oxygen atoms in total. The molecule has 0 saturated carbocycles. The van der Waals surface area contributed by atoms with E-state index in [-0.39, 0.29) is 16.8 Å². The average molecular weight is 388 g/mol. The third-order valence-electron chi connectivity index (χ3n) is 6.43. The van der Waals surface area contributed by atoms with Crippen LogP contribution < -0.4 is 5.32 Å². The van der Waals surface area contributed by atoms with Gasteiger partial charge in [0.25, 0.3) is 0 Å². The molecule has 0 radical (unpaired) electrons. The van der Waals surface area contributed by atoms with E-state index >= 15 is 0 Å². The van der Waals surface area contributed by atoms with E-state index < -0.39 is 0 Å². The van der Waals surface area contributed by atoms with Crippen LogP contribution in [0.15, 0.2) is 54.6 Å². The van der Waals surface area contributed by atoms with Crippen LogP contribution in [0.4, 0.5) is 11.4 Å². The maximum Gasteiger partial charge on any atom is 0.338 e. The van der Waals surface area contributed by atoms with Gasteiger partial charge >= 0.3 is 5.97 Å². The van der Waals surface area contributed by atoms with Gasteiger partial charge in [0.15, 0.2) is 0 Å². The summed E-state index contributed by atoms with van der Waals surface area (Å²) in [6.07, 6.45) is 2.41. The Hall–Kier alpha value is -2.81. The first kappa shape index (κ1) is 19.5. The summed E-state index contributed by atoms with van der Waals surface area (Å²) in [7, 11) is 1.41. The van der Waals surface area contributed by atoms with Crippen LogP contribution in [0.25, 0.3) is 10.8 Å². The maximum atomic E-state index is 12.0. The number of anilines is 2. The van der Waals surface area contributed by atoms with Gasteiger partial charge in [-0.3, -0.25) is 0 Å². The van der Waals surface area contributed by atoms with E-state index in [1.54, 1.807) is 6.07 Å². The van der Waals surface area contributed by atoms with E-state index in [1.807, 2.05) is 24.3 Å². The molecule has 3 heteroatoms. The lowest BCUT2D eigenvalue weighted by atomic mass is 9.63. The standard InChI is InChI=1S/C26H29NO2/c1-25(2)13-14-26(3,4)23-16-19(10-12-22(23)25)27-18-9-11-20-17(15-18)7-6-8-21(20)24(28)29-5/h6-12,15-16,27H,13-14H2,1-5H3. The lowest BCUT2D eigenvalue weighted by Gasteiger charge is -2.42. The van der Waals surface area contributed by atoms with Crippen LogP contribution in [0, 0.1) is 0 Å². The van der Waals surface area contributed by atoms with Gasteiger partial charge < -0.3 is 10.1 Å². The number of benzene rings is 3. The van der Waals surface area contributed by atoms with E-state index in [0.29, 0.717) is 5.56 Å². The van der Waals surface area contributed by atoms with Crippen LogP contribution >= 0.6 is 0 Å². The van der Waals surface area contributed by atoms with Gasteiger partial charge in [-0.25, -0.2) is 4.79 Å². The van der Waals surface area contributed by atoms with Crippen molar-refractivity contribution in [3.8, 4) is 0 Å². The second kappa shape index (κ2) is 6.91. The zero-order valence-corrected chi connectivity index (χ0v) is 17.9. The third kappa shape index (κ3) is 3.50. The summed E-state index contributed by atoms with van der Waals surface area (Å²) < 4.78 is 4.90. The molecule has 0 aromatic heterocycles. The molecule has 150 valence electrons. The Bertz CT molecular complexity index is 1100. The van der Waals surface area contributed by atoms with E-state index in [2.05, 4.69) is 57.3 Å². The lowest BCUT2D eigenvalue weighted by Crippen LogP contribution is -2.33. The van der Waals surface area contributed by atoms with Crippen LogP contribution in [-0.2, 0) is 15.6 Å². The van der Waals surface area contributed by atoms with Crippen molar-refractivity contribution in [3.63, 3.8) is 0 Å². The first-order chi connectivity index (χ1) is 13.7. The highest BCUT2D eigenvalue weighted by Crippen LogP contribution is 2.46. The topological polar surface area (TPSA) is 38.3 Å². The highest BCUT2D eigenvalue weighted by Gasteiger charge is 2.36. The molecule has 3 aromatic rings. The van der Waals surface area contributed by atoms with Crippen molar-refractivity contribution < 1.29 is 9.53 Å². The minimum Gasteiger partial charge on any atom is -0.465 e. The van der Waals surface area contributed by atoms with Gasteiger partial charge in [0.2, 0.25) is 0 Å². The summed E-state index contributed by atoms with van der Waals surface area (Å²) in [6, 6.07) is 18.6. The summed E-state index contributed by atoms with van der Waals surface area (Å²) in [5, 5.41) is 5.47. The molecule has 0 fully saturated rings. The molecule has 1 aliphatic carbocycles. The fraction of sp³-hybridized carbons (Fsp3) is 0.346. The van der Waals surface area contributed by atoms with Gasteiger partial charge in [-0.15, -0.1) is 0 Å². The second-order valence-corrected chi connectivity index (χ2v) is 9.39. The molecule has 0 spiro atoms. The van der Waals surface area contributed by atoms with E-state index in [9.17, 15) is 4.79 Å². The zero-order valence-electron chi connectivity index (χ0n) is 17.9. The molecule has 0 heterocycles. The first-order valence-electron chi connectivity index (χ1n) is 10.2. The molecule has 1 N–H and O–H groups in total. The predicted molar refractivity (Wildman–Crippen MR) is 120 cm³/mol. The predicted octanol–water partition coefficient (Wildman–Crippen LogP) is 6.72. The van der Waals surface area contributed by atoms with Crippen LogP contribution in [0.3, 0.4) is 0 Å². The Morgan fingerprint density at radius 3 is 2.24 bits per heavy atom. The number of methoxy groups -OCH3 is 1. The molecule has 0 aliphatic heterocycles. The van der Waals surface area contributed by atoms with Crippen molar-refractivity contribution >= 4 is 28.1 Å². The molecule has 1 aliphatic rings. The van der Waals surface area contributed by atoms with Gasteiger partial charge in [0.05, 0.1) is 12.7 Å². The normalized spacial score (nSPS) is 16.9. The summed E-state index contributed by atoms with van der Waals surface area (Å²) >= 11 is 0. The van der Waals surface area contributed by atoms with Gasteiger partial charge in [0, 0.05) is 11.4 Å². The molecule has 3 aromatic carbocycles. The van der Waals surface area contributed by atoms with Crippen molar-refractivity contribution in [1.29, 1.82) is 0 Å². The van der Waals surface area contributed by atoms with Crippen molar-refractivity contribution in [2.45, 2.75) is 51.4 Å². The number of rotatable bonds is 3. The number of hydrogen-bond donors (Lipinski definition) is 1. The quantitative estimate of drug-likeness (QED) is 0.507. The number of carbonyl (C=O) groups is 1. The third-order valence-corrected chi connectivity index (χ3v) is 6.43. The van der Waals surface area contributed by atoms with Crippen molar-refractivity contribution in [3.05, 3.63) is 71.3 Å². The molecule has 0 atom stereocenters. The molecule has 4 rings (SSSR count). The number of esters is 1. The molecule has 0 unspecified atom stereocenters. The van der Waals surface area contributed by atoms with E-state index in [4.69, 9.17) is 4.74 Å². The number of ether oxygens (including phenoxy) is 1. The van der Waals surface area contributed by atoms with Crippen molar-refractivity contribution in [2.24, 2.45) is 0 Å². The van der Waals surface area contributed by atoms with Crippen molar-refractivity contribution in [2.75, 3.05) is 12.4 Å². The van der Waals surface area contributed by atoms with Crippen LogP contribution in [-0.4, -0.2) is 13.1 Å². The van der Waals surface area contributed by atoms with Crippen LogP contribution in [0.2, 0.25) is 0 Å². The van der Waals surface area contributed by atoms with Gasteiger partial charge in [0.1, 0.15) is 0 Å². The monoisotopic (exact) mass is 387 g/mol. The first-order valence-corrected chi connectivity index (χ1v) is 10.2. The molecular weight excluding hydrogens is 358 g/mol. The number of carbonyl (C=O) groups excluding carboxylic acids is 1. The lowest BCUT2D eigenvalue weighted by molar-refractivity contribution is 0.0603. The smallest absolute Gasteiger partial charge is 0.338 e. The molecular formula is C26H29NO2. The summed E-state index contributed by atoms with van der Waals surface area (Å²) in [6.45, 7) is 9.37. The summed E-state index contributed by atoms with van der Waals surface area (Å²) in [5.41, 5.74) is 5.99. The van der Waals surface area contributed by atoms with Crippen LogP contribution in [0.5, 0.6) is 0 Å². The van der Waals surface area contributed by atoms with Crippen molar-refractivity contribution in [1.82, 2.24) is 0 Å². The van der Waals surface area contributed by atoms with E-state index in [0.717, 1.165) is 22.1 Å². The van der Waals surface area contributed by atoms with Crippen LogP contribution in [0.1, 0.15) is 62.0 Å². The molecule has 0 amide bonds. The maximum absolute atomic E-state index is 12.0. The minimum atomic E-state index is -0.309. The Labute approximate surface area is 173 Å². The molecule has 0 saturated heterocycles. The summed E-state index contributed by atoms with van der Waals surface area (Å²) in [4.78, 5) is 12.0. The highest BCUT2D eigenvalue weighted by atomic mass is 16.5. The Morgan fingerprint density at radius 2 is 1.52 bits per heavy atom. The number of nitrogens with one attached hydrogen (secondary N) is 1. The Kier molecular flexibility index (Phi) is 4.65. The molecule has 29 heavy (non-hydrogen) atoms. The second-order valence-electron chi connectivity index (χ2n) is 9.39. The fourth-order valence-electron chi connectivity index (χ4n) is 4.48. The number of hydrogen-bond acceptors (Lipinski definition) is 3. The Balaban J connectivity index is 1.70. The summed E-state index contributed by atoms with van der Waals surface area (Å²) in [5.74, 6) is -0.309.